The fourth-order valence-corrected chi connectivity index (χ4v) is 1.75. The number of methoxy groups -OCH3 is 1. The highest BCUT2D eigenvalue weighted by Gasteiger charge is 2.30. The summed E-state index contributed by atoms with van der Waals surface area (Å²) < 4.78 is 42.1. The van der Waals surface area contributed by atoms with Gasteiger partial charge in [-0.05, 0) is 29.7 Å². The molecule has 0 bridgehead atoms. The second-order valence-corrected chi connectivity index (χ2v) is 3.92. The summed E-state index contributed by atoms with van der Waals surface area (Å²) in [5.74, 6) is -1.07. The van der Waals surface area contributed by atoms with Gasteiger partial charge < -0.3 is 9.84 Å². The third-order valence-electron chi connectivity index (χ3n) is 2.68. The number of hydrogen-bond acceptors (Lipinski definition) is 3. The van der Waals surface area contributed by atoms with Gasteiger partial charge in [-0.2, -0.15) is 13.2 Å². The first kappa shape index (κ1) is 13.2. The highest BCUT2D eigenvalue weighted by atomic mass is 19.4. The summed E-state index contributed by atoms with van der Waals surface area (Å²) >= 11 is 0. The number of ether oxygens (including phenoxy) is 1. The van der Waals surface area contributed by atoms with Crippen LogP contribution in [0.3, 0.4) is 0 Å². The predicted molar refractivity (Wildman–Crippen MR) is 62.0 cm³/mol. The van der Waals surface area contributed by atoms with Gasteiger partial charge in [0, 0.05) is 5.39 Å². The molecule has 0 aliphatic rings. The van der Waals surface area contributed by atoms with Gasteiger partial charge in [0.2, 0.25) is 0 Å². The zero-order chi connectivity index (χ0) is 14.2. The normalized spacial score (nSPS) is 11.6. The van der Waals surface area contributed by atoms with Crippen molar-refractivity contribution in [2.45, 2.75) is 6.18 Å². The number of alkyl halides is 3. The molecule has 0 unspecified atom stereocenters. The van der Waals surface area contributed by atoms with Gasteiger partial charge in [0.1, 0.15) is 5.75 Å². The monoisotopic (exact) mass is 270 g/mol. The van der Waals surface area contributed by atoms with E-state index >= 15 is 0 Å². The van der Waals surface area contributed by atoms with E-state index in [1.54, 1.807) is 0 Å². The second kappa shape index (κ2) is 4.46. The van der Waals surface area contributed by atoms with Crippen molar-refractivity contribution in [3.63, 3.8) is 0 Å². The lowest BCUT2D eigenvalue weighted by molar-refractivity contribution is -0.137. The standard InChI is InChI=1S/C13H9F3O3/c1-19-12(18)8-4-7-2-3-9(13(14,15)16)6-10(7)11(17)5-8/h2-6,17H,1H3. The van der Waals surface area contributed by atoms with Crippen LogP contribution in [0.2, 0.25) is 0 Å². The minimum Gasteiger partial charge on any atom is -0.507 e. The van der Waals surface area contributed by atoms with E-state index < -0.39 is 23.5 Å². The molecule has 0 amide bonds. The minimum absolute atomic E-state index is 0.0301. The molecular weight excluding hydrogens is 261 g/mol. The average molecular weight is 270 g/mol. The van der Waals surface area contributed by atoms with Crippen molar-refractivity contribution < 1.29 is 27.8 Å². The molecule has 1 N–H and O–H groups in total. The summed E-state index contributed by atoms with van der Waals surface area (Å²) in [6, 6.07) is 5.37. The summed E-state index contributed by atoms with van der Waals surface area (Å²) in [6.07, 6.45) is -4.48. The number of phenolic OH excluding ortho intramolecular Hbond substituents is 1. The van der Waals surface area contributed by atoms with E-state index in [2.05, 4.69) is 4.74 Å². The van der Waals surface area contributed by atoms with Crippen LogP contribution in [0.4, 0.5) is 13.2 Å². The van der Waals surface area contributed by atoms with Gasteiger partial charge in [-0.3, -0.25) is 0 Å². The molecule has 3 nitrogen and oxygen atoms in total. The molecule has 0 saturated heterocycles. The van der Waals surface area contributed by atoms with Crippen LogP contribution in [0.1, 0.15) is 15.9 Å². The first-order valence-electron chi connectivity index (χ1n) is 5.25. The van der Waals surface area contributed by atoms with Crippen LogP contribution in [-0.4, -0.2) is 18.2 Å². The summed E-state index contributed by atoms with van der Waals surface area (Å²) in [7, 11) is 1.18. The molecule has 19 heavy (non-hydrogen) atoms. The number of fused-ring (bicyclic) bond motifs is 1. The molecule has 0 aliphatic carbocycles. The highest BCUT2D eigenvalue weighted by molar-refractivity contribution is 5.98. The summed E-state index contributed by atoms with van der Waals surface area (Å²) in [5, 5.41) is 10.1. The van der Waals surface area contributed by atoms with Crippen molar-refractivity contribution in [1.29, 1.82) is 0 Å². The Labute approximate surface area is 106 Å². The lowest BCUT2D eigenvalue weighted by Gasteiger charge is -2.09. The molecule has 0 aliphatic heterocycles. The number of benzene rings is 2. The maximum Gasteiger partial charge on any atom is 0.416 e. The van der Waals surface area contributed by atoms with Crippen molar-refractivity contribution in [3.8, 4) is 5.75 Å². The van der Waals surface area contributed by atoms with Gasteiger partial charge in [0.25, 0.3) is 0 Å². The first-order chi connectivity index (χ1) is 8.82. The molecule has 0 fully saturated rings. The topological polar surface area (TPSA) is 46.5 Å². The van der Waals surface area contributed by atoms with Gasteiger partial charge in [-0.1, -0.05) is 6.07 Å². The van der Waals surface area contributed by atoms with Crippen LogP contribution < -0.4 is 0 Å². The summed E-state index contributed by atoms with van der Waals surface area (Å²) in [5.41, 5.74) is -0.784. The Morgan fingerprint density at radius 1 is 1.21 bits per heavy atom. The van der Waals surface area contributed by atoms with Crippen molar-refractivity contribution in [1.82, 2.24) is 0 Å². The van der Waals surface area contributed by atoms with Crippen molar-refractivity contribution >= 4 is 16.7 Å². The molecule has 0 spiro atoms. The molecule has 0 saturated carbocycles. The number of phenols is 1. The Kier molecular flexibility index (Phi) is 3.09. The number of carbonyl (C=O) groups excluding carboxylic acids is 1. The van der Waals surface area contributed by atoms with E-state index in [1.165, 1.54) is 19.2 Å². The van der Waals surface area contributed by atoms with Gasteiger partial charge in [-0.15, -0.1) is 0 Å². The molecule has 0 aromatic heterocycles. The smallest absolute Gasteiger partial charge is 0.416 e. The number of rotatable bonds is 1. The van der Waals surface area contributed by atoms with Crippen LogP contribution in [0.15, 0.2) is 30.3 Å². The van der Waals surface area contributed by atoms with E-state index in [0.29, 0.717) is 5.39 Å². The van der Waals surface area contributed by atoms with Crippen LogP contribution >= 0.6 is 0 Å². The lowest BCUT2D eigenvalue weighted by Crippen LogP contribution is -2.05. The number of aromatic hydroxyl groups is 1. The maximum atomic E-state index is 12.6. The molecular formula is C13H9F3O3. The number of esters is 1. The average Bonchev–Trinajstić information content (AvgIpc) is 2.36. The van der Waals surface area contributed by atoms with Crippen LogP contribution in [0.5, 0.6) is 5.75 Å². The summed E-state index contributed by atoms with van der Waals surface area (Å²) in [6.45, 7) is 0. The number of halogens is 3. The van der Waals surface area contributed by atoms with E-state index in [9.17, 15) is 23.1 Å². The van der Waals surface area contributed by atoms with Gasteiger partial charge in [0.05, 0.1) is 18.2 Å². The van der Waals surface area contributed by atoms with Gasteiger partial charge in [-0.25, -0.2) is 4.79 Å². The molecule has 2 aromatic carbocycles. The third-order valence-corrected chi connectivity index (χ3v) is 2.68. The number of carbonyl (C=O) groups is 1. The van der Waals surface area contributed by atoms with Gasteiger partial charge >= 0.3 is 12.1 Å². The number of hydrogen-bond donors (Lipinski definition) is 1. The maximum absolute atomic E-state index is 12.6. The SMILES string of the molecule is COC(=O)c1cc(O)c2cc(C(F)(F)F)ccc2c1. The first-order valence-corrected chi connectivity index (χ1v) is 5.25. The Hall–Kier alpha value is -2.24. The molecule has 0 heterocycles. The largest absolute Gasteiger partial charge is 0.507 e. The quantitative estimate of drug-likeness (QED) is 0.808. The Morgan fingerprint density at radius 2 is 1.89 bits per heavy atom. The molecule has 2 aromatic rings. The molecule has 6 heteroatoms. The van der Waals surface area contributed by atoms with E-state index in [4.69, 9.17) is 0 Å². The van der Waals surface area contributed by atoms with Crippen LogP contribution in [-0.2, 0) is 10.9 Å². The zero-order valence-electron chi connectivity index (χ0n) is 9.78. The minimum atomic E-state index is -4.48. The van der Waals surface area contributed by atoms with Crippen molar-refractivity contribution in [2.24, 2.45) is 0 Å². The zero-order valence-corrected chi connectivity index (χ0v) is 9.78. The van der Waals surface area contributed by atoms with Gasteiger partial charge in [0.15, 0.2) is 0 Å². The molecule has 100 valence electrons. The molecule has 0 radical (unpaired) electrons. The molecule has 2 rings (SSSR count). The van der Waals surface area contributed by atoms with E-state index in [1.807, 2.05) is 0 Å². The third kappa shape index (κ3) is 2.47. The fraction of sp³-hybridized carbons (Fsp3) is 0.154. The Bertz CT molecular complexity index is 647. The Morgan fingerprint density at radius 3 is 2.47 bits per heavy atom. The predicted octanol–water partition coefficient (Wildman–Crippen LogP) is 3.35. The van der Waals surface area contributed by atoms with Crippen LogP contribution in [0, 0.1) is 0 Å². The summed E-state index contributed by atoms with van der Waals surface area (Å²) in [4.78, 5) is 11.3. The second-order valence-electron chi connectivity index (χ2n) is 3.92. The van der Waals surface area contributed by atoms with Crippen LogP contribution in [0.25, 0.3) is 10.8 Å². The van der Waals surface area contributed by atoms with Crippen molar-refractivity contribution in [3.05, 3.63) is 41.5 Å². The van der Waals surface area contributed by atoms with E-state index in [0.717, 1.165) is 18.2 Å². The molecule has 0 atom stereocenters. The highest BCUT2D eigenvalue weighted by Crippen LogP contribution is 2.34. The fourth-order valence-electron chi connectivity index (χ4n) is 1.75. The van der Waals surface area contributed by atoms with Crippen molar-refractivity contribution in [2.75, 3.05) is 7.11 Å². The lowest BCUT2D eigenvalue weighted by atomic mass is 10.0. The van der Waals surface area contributed by atoms with E-state index in [-0.39, 0.29) is 10.9 Å². The Balaban J connectivity index is 2.63.